The number of hydrogen-bond acceptors (Lipinski definition) is 3. The number of nitrogens with zero attached hydrogens (tertiary/aromatic N) is 3. The van der Waals surface area contributed by atoms with Gasteiger partial charge >= 0.3 is 0 Å². The lowest BCUT2D eigenvalue weighted by Crippen LogP contribution is -2.49. The number of rotatable bonds is 2. The fourth-order valence-corrected chi connectivity index (χ4v) is 4.82. The van der Waals surface area contributed by atoms with Crippen LogP contribution < -0.4 is 9.80 Å². The van der Waals surface area contributed by atoms with Crippen molar-refractivity contribution in [1.82, 2.24) is 4.90 Å². The summed E-state index contributed by atoms with van der Waals surface area (Å²) in [5.41, 5.74) is 7.88. The molecule has 3 aliphatic heterocycles. The Morgan fingerprint density at radius 1 is 0.964 bits per heavy atom. The number of aryl methyl sites for hydroxylation is 1. The highest BCUT2D eigenvalue weighted by Gasteiger charge is 2.35. The SMILES string of the molecule is Cc1cccc(N2CCN(C(=O)c3cc4c5c(c3)CC(=O)N5CC4)CC2)c1C. The predicted octanol–water partition coefficient (Wildman–Crippen LogP) is 2.71. The molecule has 2 aromatic rings. The molecule has 0 atom stereocenters. The quantitative estimate of drug-likeness (QED) is 0.811. The van der Waals surface area contributed by atoms with Crippen molar-refractivity contribution in [2.24, 2.45) is 0 Å². The Balaban J connectivity index is 1.33. The van der Waals surface area contributed by atoms with Crippen LogP contribution in [-0.2, 0) is 17.6 Å². The fourth-order valence-electron chi connectivity index (χ4n) is 4.82. The minimum absolute atomic E-state index is 0.0949. The van der Waals surface area contributed by atoms with E-state index in [4.69, 9.17) is 0 Å². The summed E-state index contributed by atoms with van der Waals surface area (Å²) in [7, 11) is 0. The van der Waals surface area contributed by atoms with Gasteiger partial charge in [-0.05, 0) is 60.7 Å². The maximum atomic E-state index is 13.1. The highest BCUT2D eigenvalue weighted by molar-refractivity contribution is 6.05. The van der Waals surface area contributed by atoms with Gasteiger partial charge in [0.25, 0.3) is 5.91 Å². The third-order valence-corrected chi connectivity index (χ3v) is 6.52. The van der Waals surface area contributed by atoms with E-state index in [1.54, 1.807) is 0 Å². The van der Waals surface area contributed by atoms with E-state index in [1.165, 1.54) is 16.8 Å². The molecule has 0 N–H and O–H groups in total. The maximum Gasteiger partial charge on any atom is 0.253 e. The zero-order valence-electron chi connectivity index (χ0n) is 16.5. The first kappa shape index (κ1) is 17.3. The highest BCUT2D eigenvalue weighted by atomic mass is 16.2. The molecule has 0 aromatic heterocycles. The fraction of sp³-hybridized carbons (Fsp3) is 0.391. The summed E-state index contributed by atoms with van der Waals surface area (Å²) in [4.78, 5) is 31.5. The molecule has 2 amide bonds. The van der Waals surface area contributed by atoms with Crippen LogP contribution in [0, 0.1) is 13.8 Å². The molecule has 3 aliphatic rings. The van der Waals surface area contributed by atoms with Crippen LogP contribution in [-0.4, -0.2) is 49.4 Å². The first-order valence-electron chi connectivity index (χ1n) is 10.1. The Morgan fingerprint density at radius 3 is 2.50 bits per heavy atom. The number of anilines is 2. The van der Waals surface area contributed by atoms with E-state index in [0.717, 1.165) is 61.5 Å². The molecule has 0 bridgehead atoms. The average molecular weight is 375 g/mol. The Morgan fingerprint density at radius 2 is 1.71 bits per heavy atom. The topological polar surface area (TPSA) is 43.9 Å². The van der Waals surface area contributed by atoms with Crippen molar-refractivity contribution >= 4 is 23.2 Å². The van der Waals surface area contributed by atoms with Crippen LogP contribution in [0.5, 0.6) is 0 Å². The average Bonchev–Trinajstić information content (AvgIpc) is 3.28. The molecule has 5 heteroatoms. The third-order valence-electron chi connectivity index (χ3n) is 6.52. The van der Waals surface area contributed by atoms with Crippen molar-refractivity contribution in [1.29, 1.82) is 0 Å². The number of amides is 2. The Hall–Kier alpha value is -2.82. The van der Waals surface area contributed by atoms with Gasteiger partial charge in [0, 0.05) is 44.0 Å². The summed E-state index contributed by atoms with van der Waals surface area (Å²) in [6, 6.07) is 10.4. The second-order valence-electron chi connectivity index (χ2n) is 8.11. The van der Waals surface area contributed by atoms with Gasteiger partial charge in [-0.2, -0.15) is 0 Å². The first-order chi connectivity index (χ1) is 13.5. The number of hydrogen-bond donors (Lipinski definition) is 0. The van der Waals surface area contributed by atoms with Crippen molar-refractivity contribution in [3.8, 4) is 0 Å². The minimum Gasteiger partial charge on any atom is -0.368 e. The molecule has 0 saturated carbocycles. The smallest absolute Gasteiger partial charge is 0.253 e. The van der Waals surface area contributed by atoms with Gasteiger partial charge in [0.2, 0.25) is 5.91 Å². The van der Waals surface area contributed by atoms with Crippen molar-refractivity contribution in [2.75, 3.05) is 42.5 Å². The first-order valence-corrected chi connectivity index (χ1v) is 10.1. The minimum atomic E-state index is 0.0949. The van der Waals surface area contributed by atoms with Gasteiger partial charge in [-0.25, -0.2) is 0 Å². The number of piperazine rings is 1. The summed E-state index contributed by atoms with van der Waals surface area (Å²) < 4.78 is 0. The zero-order chi connectivity index (χ0) is 19.4. The number of carbonyl (C=O) groups excluding carboxylic acids is 2. The summed E-state index contributed by atoms with van der Waals surface area (Å²) in [6.07, 6.45) is 1.29. The zero-order valence-corrected chi connectivity index (χ0v) is 16.5. The van der Waals surface area contributed by atoms with Crippen molar-refractivity contribution in [3.05, 3.63) is 58.1 Å². The van der Waals surface area contributed by atoms with Crippen LogP contribution in [0.4, 0.5) is 11.4 Å². The molecule has 0 radical (unpaired) electrons. The number of carbonyl (C=O) groups is 2. The van der Waals surface area contributed by atoms with Crippen LogP contribution in [0.2, 0.25) is 0 Å². The molecule has 28 heavy (non-hydrogen) atoms. The van der Waals surface area contributed by atoms with E-state index in [0.29, 0.717) is 6.42 Å². The lowest BCUT2D eigenvalue weighted by atomic mass is 10.0. The molecule has 1 fully saturated rings. The van der Waals surface area contributed by atoms with E-state index in [-0.39, 0.29) is 11.8 Å². The van der Waals surface area contributed by atoms with E-state index in [9.17, 15) is 9.59 Å². The highest BCUT2D eigenvalue weighted by Crippen LogP contribution is 2.38. The lowest BCUT2D eigenvalue weighted by Gasteiger charge is -2.37. The molecule has 0 unspecified atom stereocenters. The van der Waals surface area contributed by atoms with Gasteiger partial charge in [0.1, 0.15) is 0 Å². The van der Waals surface area contributed by atoms with Gasteiger partial charge in [0.15, 0.2) is 0 Å². The van der Waals surface area contributed by atoms with E-state index in [1.807, 2.05) is 21.9 Å². The van der Waals surface area contributed by atoms with Gasteiger partial charge in [-0.15, -0.1) is 0 Å². The molecular weight excluding hydrogens is 350 g/mol. The standard InChI is InChI=1S/C23H25N3O2/c1-15-4-3-5-20(16(15)2)24-8-10-25(11-9-24)23(28)19-12-17-6-7-26-21(27)14-18(13-19)22(17)26/h3-5,12-13H,6-11,14H2,1-2H3. The largest absolute Gasteiger partial charge is 0.368 e. The summed E-state index contributed by atoms with van der Waals surface area (Å²) in [5, 5.41) is 0. The van der Waals surface area contributed by atoms with Gasteiger partial charge in [0.05, 0.1) is 12.1 Å². The van der Waals surface area contributed by atoms with Crippen molar-refractivity contribution in [2.45, 2.75) is 26.7 Å². The van der Waals surface area contributed by atoms with Crippen LogP contribution in [0.3, 0.4) is 0 Å². The predicted molar refractivity (Wildman–Crippen MR) is 110 cm³/mol. The van der Waals surface area contributed by atoms with Gasteiger partial charge in [-0.3, -0.25) is 9.59 Å². The Labute approximate surface area is 165 Å². The summed E-state index contributed by atoms with van der Waals surface area (Å²) in [5.74, 6) is 0.262. The second-order valence-corrected chi connectivity index (χ2v) is 8.11. The van der Waals surface area contributed by atoms with E-state index >= 15 is 0 Å². The van der Waals surface area contributed by atoms with Crippen molar-refractivity contribution in [3.63, 3.8) is 0 Å². The molecule has 0 aliphatic carbocycles. The normalized spacial score (nSPS) is 18.1. The molecule has 3 heterocycles. The molecule has 5 rings (SSSR count). The van der Waals surface area contributed by atoms with Crippen LogP contribution in [0.1, 0.15) is 32.6 Å². The van der Waals surface area contributed by atoms with E-state index < -0.39 is 0 Å². The molecule has 5 nitrogen and oxygen atoms in total. The number of benzene rings is 2. The van der Waals surface area contributed by atoms with E-state index in [2.05, 4.69) is 36.9 Å². The Bertz CT molecular complexity index is 990. The molecule has 0 spiro atoms. The maximum absolute atomic E-state index is 13.1. The second kappa shape index (κ2) is 6.36. The molecular formula is C23H25N3O2. The third kappa shape index (κ3) is 2.60. The van der Waals surface area contributed by atoms with Crippen LogP contribution in [0.25, 0.3) is 0 Å². The van der Waals surface area contributed by atoms with Crippen LogP contribution >= 0.6 is 0 Å². The van der Waals surface area contributed by atoms with Crippen LogP contribution in [0.15, 0.2) is 30.3 Å². The van der Waals surface area contributed by atoms with Gasteiger partial charge < -0.3 is 14.7 Å². The monoisotopic (exact) mass is 375 g/mol. The molecule has 1 saturated heterocycles. The lowest BCUT2D eigenvalue weighted by molar-refractivity contribution is -0.117. The molecule has 2 aromatic carbocycles. The van der Waals surface area contributed by atoms with Gasteiger partial charge in [-0.1, -0.05) is 12.1 Å². The van der Waals surface area contributed by atoms with Crippen molar-refractivity contribution < 1.29 is 9.59 Å². The Kier molecular flexibility index (Phi) is 3.93. The summed E-state index contributed by atoms with van der Waals surface area (Å²) in [6.45, 7) is 8.21. The summed E-state index contributed by atoms with van der Waals surface area (Å²) >= 11 is 0. The molecule has 144 valence electrons.